The number of hydrogen-bond donors (Lipinski definition) is 0. The van der Waals surface area contributed by atoms with Crippen molar-refractivity contribution in [2.75, 3.05) is 13.6 Å². The van der Waals surface area contributed by atoms with Crippen LogP contribution in [-0.4, -0.2) is 28.6 Å². The van der Waals surface area contributed by atoms with Gasteiger partial charge in [-0.05, 0) is 26.0 Å². The van der Waals surface area contributed by atoms with Gasteiger partial charge in [0.15, 0.2) is 5.82 Å². The Morgan fingerprint density at radius 1 is 1.15 bits per heavy atom. The summed E-state index contributed by atoms with van der Waals surface area (Å²) in [4.78, 5) is 6.71. The monoisotopic (exact) mass is 273 g/mol. The minimum atomic E-state index is 0.138. The van der Waals surface area contributed by atoms with E-state index in [0.717, 1.165) is 18.8 Å². The van der Waals surface area contributed by atoms with Gasteiger partial charge in [-0.3, -0.25) is 4.90 Å². The lowest BCUT2D eigenvalue weighted by molar-refractivity contribution is 0.211. The van der Waals surface area contributed by atoms with Gasteiger partial charge in [0, 0.05) is 12.5 Å². The molecule has 0 saturated heterocycles. The molecule has 0 spiro atoms. The second-order valence-corrected chi connectivity index (χ2v) is 5.54. The maximum Gasteiger partial charge on any atom is 0.243 e. The van der Waals surface area contributed by atoms with Crippen LogP contribution in [0.3, 0.4) is 0 Å². The van der Waals surface area contributed by atoms with Crippen molar-refractivity contribution in [3.05, 3.63) is 47.6 Å². The molecule has 2 aromatic rings. The third-order valence-corrected chi connectivity index (χ3v) is 3.59. The lowest BCUT2D eigenvalue weighted by Gasteiger charge is -2.21. The highest BCUT2D eigenvalue weighted by Crippen LogP contribution is 2.19. The van der Waals surface area contributed by atoms with Crippen LogP contribution in [0.4, 0.5) is 0 Å². The Kier molecular flexibility index (Phi) is 4.90. The zero-order chi connectivity index (χ0) is 14.5. The highest BCUT2D eigenvalue weighted by Gasteiger charge is 2.19. The van der Waals surface area contributed by atoms with Crippen molar-refractivity contribution in [2.24, 2.45) is 0 Å². The Morgan fingerprint density at radius 3 is 2.45 bits per heavy atom. The lowest BCUT2D eigenvalue weighted by atomic mass is 10.1. The van der Waals surface area contributed by atoms with E-state index in [0.29, 0.717) is 11.8 Å². The molecule has 0 aliphatic heterocycles. The number of aromatic nitrogens is 2. The number of rotatable bonds is 6. The Morgan fingerprint density at radius 2 is 1.85 bits per heavy atom. The maximum atomic E-state index is 5.36. The summed E-state index contributed by atoms with van der Waals surface area (Å²) in [6.45, 7) is 7.20. The first-order valence-corrected chi connectivity index (χ1v) is 7.15. The molecule has 0 bridgehead atoms. The van der Waals surface area contributed by atoms with Gasteiger partial charge in [-0.2, -0.15) is 4.98 Å². The summed E-state index contributed by atoms with van der Waals surface area (Å²) in [6.07, 6.45) is 1.02. The Balaban J connectivity index is 1.92. The van der Waals surface area contributed by atoms with E-state index in [1.165, 1.54) is 5.56 Å². The third kappa shape index (κ3) is 3.67. The standard InChI is InChI=1S/C16H23N3O/c1-12(2)15-17-16(20-18-15)13(3)19(4)11-10-14-8-6-5-7-9-14/h5-9,12-13H,10-11H2,1-4H3/t13-/m0/s1. The molecule has 0 radical (unpaired) electrons. The number of likely N-dealkylation sites (N-methyl/N-ethyl adjacent to an activating group) is 1. The molecular formula is C16H23N3O. The van der Waals surface area contributed by atoms with Gasteiger partial charge in [-0.25, -0.2) is 0 Å². The summed E-state index contributed by atoms with van der Waals surface area (Å²) < 4.78 is 5.36. The largest absolute Gasteiger partial charge is 0.338 e. The summed E-state index contributed by atoms with van der Waals surface area (Å²) in [6, 6.07) is 10.6. The fraction of sp³-hybridized carbons (Fsp3) is 0.500. The number of nitrogens with zero attached hydrogens (tertiary/aromatic N) is 3. The van der Waals surface area contributed by atoms with Gasteiger partial charge in [0.25, 0.3) is 0 Å². The van der Waals surface area contributed by atoms with Crippen LogP contribution in [0.1, 0.15) is 50.0 Å². The second-order valence-electron chi connectivity index (χ2n) is 5.54. The minimum absolute atomic E-state index is 0.138. The maximum absolute atomic E-state index is 5.36. The second kappa shape index (κ2) is 6.66. The molecule has 0 fully saturated rings. The van der Waals surface area contributed by atoms with Gasteiger partial charge in [-0.1, -0.05) is 49.3 Å². The van der Waals surface area contributed by atoms with Crippen LogP contribution in [0.5, 0.6) is 0 Å². The molecule has 4 nitrogen and oxygen atoms in total. The first-order valence-electron chi connectivity index (χ1n) is 7.15. The number of hydrogen-bond acceptors (Lipinski definition) is 4. The first kappa shape index (κ1) is 14.7. The molecule has 1 aromatic heterocycles. The topological polar surface area (TPSA) is 42.2 Å². The van der Waals surface area contributed by atoms with Gasteiger partial charge >= 0.3 is 0 Å². The quantitative estimate of drug-likeness (QED) is 0.808. The molecule has 2 rings (SSSR count). The van der Waals surface area contributed by atoms with Gasteiger partial charge < -0.3 is 4.52 Å². The van der Waals surface area contributed by atoms with E-state index in [1.54, 1.807) is 0 Å². The van der Waals surface area contributed by atoms with Crippen LogP contribution in [0.15, 0.2) is 34.9 Å². The molecule has 1 atom stereocenters. The van der Waals surface area contributed by atoms with Gasteiger partial charge in [0.2, 0.25) is 5.89 Å². The van der Waals surface area contributed by atoms with Crippen LogP contribution in [0.25, 0.3) is 0 Å². The molecule has 0 unspecified atom stereocenters. The molecule has 0 amide bonds. The van der Waals surface area contributed by atoms with Crippen molar-refractivity contribution in [1.82, 2.24) is 15.0 Å². The van der Waals surface area contributed by atoms with Crippen molar-refractivity contribution in [1.29, 1.82) is 0 Å². The molecule has 0 saturated carbocycles. The van der Waals surface area contributed by atoms with E-state index in [1.807, 2.05) is 6.07 Å². The fourth-order valence-corrected chi connectivity index (χ4v) is 1.98. The van der Waals surface area contributed by atoms with Crippen molar-refractivity contribution in [3.8, 4) is 0 Å². The van der Waals surface area contributed by atoms with Crippen molar-refractivity contribution in [3.63, 3.8) is 0 Å². The Bertz CT molecular complexity index is 522. The van der Waals surface area contributed by atoms with Crippen molar-refractivity contribution in [2.45, 2.75) is 39.2 Å². The molecule has 4 heteroatoms. The van der Waals surface area contributed by atoms with E-state index >= 15 is 0 Å². The van der Waals surface area contributed by atoms with Gasteiger partial charge in [0.1, 0.15) is 0 Å². The van der Waals surface area contributed by atoms with Gasteiger partial charge in [-0.15, -0.1) is 0 Å². The molecular weight excluding hydrogens is 250 g/mol. The van der Waals surface area contributed by atoms with Crippen LogP contribution in [0, 0.1) is 0 Å². The summed E-state index contributed by atoms with van der Waals surface area (Å²) in [5.74, 6) is 1.78. The molecule has 1 heterocycles. The molecule has 20 heavy (non-hydrogen) atoms. The molecule has 108 valence electrons. The predicted octanol–water partition coefficient (Wildman–Crippen LogP) is 3.43. The highest BCUT2D eigenvalue weighted by molar-refractivity contribution is 5.14. The lowest BCUT2D eigenvalue weighted by Crippen LogP contribution is -2.25. The minimum Gasteiger partial charge on any atom is -0.338 e. The summed E-state index contributed by atoms with van der Waals surface area (Å²) >= 11 is 0. The molecule has 0 N–H and O–H groups in total. The van der Waals surface area contributed by atoms with Crippen LogP contribution >= 0.6 is 0 Å². The normalized spacial score (nSPS) is 13.1. The zero-order valence-electron chi connectivity index (χ0n) is 12.7. The first-order chi connectivity index (χ1) is 9.58. The highest BCUT2D eigenvalue weighted by atomic mass is 16.5. The Hall–Kier alpha value is -1.68. The summed E-state index contributed by atoms with van der Waals surface area (Å²) in [5.41, 5.74) is 1.35. The summed E-state index contributed by atoms with van der Waals surface area (Å²) in [7, 11) is 2.09. The molecule has 1 aromatic carbocycles. The van der Waals surface area contributed by atoms with E-state index in [4.69, 9.17) is 4.52 Å². The van der Waals surface area contributed by atoms with Crippen molar-refractivity contribution < 1.29 is 4.52 Å². The zero-order valence-corrected chi connectivity index (χ0v) is 12.7. The molecule has 0 aliphatic carbocycles. The van der Waals surface area contributed by atoms with Crippen LogP contribution in [-0.2, 0) is 6.42 Å². The fourth-order valence-electron chi connectivity index (χ4n) is 1.98. The summed E-state index contributed by atoms with van der Waals surface area (Å²) in [5, 5.41) is 4.02. The smallest absolute Gasteiger partial charge is 0.243 e. The Labute approximate surface area is 120 Å². The van der Waals surface area contributed by atoms with E-state index in [2.05, 4.69) is 67.1 Å². The molecule has 0 aliphatic rings. The third-order valence-electron chi connectivity index (χ3n) is 3.59. The van der Waals surface area contributed by atoms with Crippen LogP contribution < -0.4 is 0 Å². The van der Waals surface area contributed by atoms with E-state index in [-0.39, 0.29) is 6.04 Å². The van der Waals surface area contributed by atoms with E-state index < -0.39 is 0 Å². The van der Waals surface area contributed by atoms with Crippen molar-refractivity contribution >= 4 is 0 Å². The average Bonchev–Trinajstić information content (AvgIpc) is 2.95. The predicted molar refractivity (Wildman–Crippen MR) is 79.6 cm³/mol. The van der Waals surface area contributed by atoms with E-state index in [9.17, 15) is 0 Å². The van der Waals surface area contributed by atoms with Crippen LogP contribution in [0.2, 0.25) is 0 Å². The van der Waals surface area contributed by atoms with Gasteiger partial charge in [0.05, 0.1) is 6.04 Å². The SMILES string of the molecule is CC(C)c1noc([C@H](C)N(C)CCc2ccccc2)n1. The number of benzene rings is 1. The average molecular weight is 273 g/mol.